The Morgan fingerprint density at radius 2 is 0.839 bits per heavy atom. The molecule has 0 spiro atoms. The molecule has 1 heterocycles. The zero-order chi connectivity index (χ0) is 45.7. The Balaban J connectivity index is 1.72. The van der Waals surface area contributed by atoms with Crippen molar-refractivity contribution in [1.29, 1.82) is 0 Å². The highest BCUT2D eigenvalue weighted by molar-refractivity contribution is 8.01. The monoisotopic (exact) mass is 893 g/mol. The third kappa shape index (κ3) is 10.6. The molecule has 0 radical (unpaired) electrons. The number of esters is 1. The first kappa shape index (κ1) is 47.3. The summed E-state index contributed by atoms with van der Waals surface area (Å²) in [5, 5.41) is 49.2. The number of carbonyl (C=O) groups is 1. The van der Waals surface area contributed by atoms with Gasteiger partial charge in [-0.3, -0.25) is 9.69 Å². The maximum Gasteiger partial charge on any atom is 0.323 e. The van der Waals surface area contributed by atoms with Crippen molar-refractivity contribution in [3.05, 3.63) is 118 Å². The zero-order valence-corrected chi connectivity index (χ0v) is 40.9. The van der Waals surface area contributed by atoms with E-state index in [-0.39, 0.29) is 57.7 Å². The lowest BCUT2D eigenvalue weighted by molar-refractivity contribution is -0.147. The van der Waals surface area contributed by atoms with Crippen LogP contribution in [0.1, 0.15) is 122 Å². The van der Waals surface area contributed by atoms with E-state index in [0.29, 0.717) is 46.9 Å². The number of rotatable bonds is 4. The Labute approximate surface area is 381 Å². The van der Waals surface area contributed by atoms with Crippen LogP contribution < -0.4 is 0 Å². The number of fused-ring (bicyclic) bond motifs is 8. The molecule has 10 heteroatoms. The van der Waals surface area contributed by atoms with Gasteiger partial charge in [0.1, 0.15) is 29.0 Å². The summed E-state index contributed by atoms with van der Waals surface area (Å²) in [5.74, 6) is -0.279. The normalized spacial score (nSPS) is 14.8. The molecule has 0 fully saturated rings. The van der Waals surface area contributed by atoms with Crippen molar-refractivity contribution in [2.75, 3.05) is 7.11 Å². The molecule has 1 unspecified atom stereocenters. The highest BCUT2D eigenvalue weighted by atomic mass is 32.2. The van der Waals surface area contributed by atoms with Crippen molar-refractivity contribution < 1.29 is 30.0 Å². The molecule has 0 aromatic heterocycles. The summed E-state index contributed by atoms with van der Waals surface area (Å²) in [7, 11) is 1.39. The topological polar surface area (TPSA) is 110 Å². The van der Waals surface area contributed by atoms with Gasteiger partial charge in [-0.2, -0.15) is 0 Å². The van der Waals surface area contributed by atoms with Crippen LogP contribution in [0.5, 0.6) is 23.0 Å². The maximum atomic E-state index is 14.1. The molecule has 5 aromatic rings. The fraction of sp³-hybridized carbons (Fsp3) is 0.404. The van der Waals surface area contributed by atoms with Gasteiger partial charge in [-0.15, -0.1) is 0 Å². The number of carbonyl (C=O) groups excluding carboxylic acids is 1. The molecule has 1 atom stereocenters. The fourth-order valence-corrected chi connectivity index (χ4v) is 10.6. The summed E-state index contributed by atoms with van der Waals surface area (Å²) >= 11 is 3.89. The second-order valence-corrected chi connectivity index (χ2v) is 23.8. The lowest BCUT2D eigenvalue weighted by atomic mass is 9.85. The van der Waals surface area contributed by atoms with Crippen molar-refractivity contribution in [3.63, 3.8) is 0 Å². The van der Waals surface area contributed by atoms with Crippen molar-refractivity contribution >= 4 is 41.3 Å². The molecule has 0 amide bonds. The standard InChI is InChI=1S/C52H63NO6S3/c1-49(2,3)33-20-31-28-53(37(48(58)59-13)19-30-17-15-14-16-18-30)29-32-21-34(50(4,5)6)23-39(45(32)55)61-41-25-36(52(10,11)12)27-43(47(41)57)62-42-26-35(51(7,8)9)24-40(46(42)56)60-38(22-33)44(31)54/h14-18,20-27,37,54-57H,19,28-29H2,1-13H3. The van der Waals surface area contributed by atoms with E-state index in [1.165, 1.54) is 42.4 Å². The first-order valence-corrected chi connectivity index (χ1v) is 23.6. The Bertz CT molecular complexity index is 2330. The van der Waals surface area contributed by atoms with Gasteiger partial charge in [0.05, 0.1) is 36.5 Å². The molecule has 330 valence electrons. The van der Waals surface area contributed by atoms with Gasteiger partial charge in [-0.25, -0.2) is 0 Å². The molecule has 8 bridgehead atoms. The van der Waals surface area contributed by atoms with E-state index in [1.54, 1.807) is 0 Å². The van der Waals surface area contributed by atoms with E-state index in [1.807, 2.05) is 83.8 Å². The van der Waals surface area contributed by atoms with Crippen LogP contribution in [0.25, 0.3) is 0 Å². The van der Waals surface area contributed by atoms with Crippen LogP contribution in [-0.2, 0) is 50.7 Å². The van der Waals surface area contributed by atoms with Crippen molar-refractivity contribution in [1.82, 2.24) is 4.90 Å². The van der Waals surface area contributed by atoms with Gasteiger partial charge < -0.3 is 25.2 Å². The Hall–Kier alpha value is -4.22. The van der Waals surface area contributed by atoms with Gasteiger partial charge >= 0.3 is 5.97 Å². The SMILES string of the molecule is COC(=O)C(Cc1ccccc1)N1Cc2cc(C(C)(C)C)cc(c2O)Sc2cc(C(C)(C)C)cc(c2O)Sc2cc(C(C)(C)C)cc(c2O)Sc2cc(C(C)(C)C)cc(c2O)C1. The van der Waals surface area contributed by atoms with Crippen molar-refractivity contribution in [3.8, 4) is 23.0 Å². The lowest BCUT2D eigenvalue weighted by Crippen LogP contribution is -2.42. The number of benzene rings is 5. The van der Waals surface area contributed by atoms with Gasteiger partial charge in [-0.05, 0) is 92.3 Å². The van der Waals surface area contributed by atoms with Crippen LogP contribution in [0.15, 0.2) is 108 Å². The number of hydrogen-bond acceptors (Lipinski definition) is 10. The van der Waals surface area contributed by atoms with Crippen LogP contribution in [0.2, 0.25) is 0 Å². The van der Waals surface area contributed by atoms with Gasteiger partial charge in [0.15, 0.2) is 0 Å². The largest absolute Gasteiger partial charge is 0.506 e. The summed E-state index contributed by atoms with van der Waals surface area (Å²) in [6.07, 6.45) is 0.320. The molecular formula is C52H63NO6S3. The average molecular weight is 894 g/mol. The summed E-state index contributed by atoms with van der Waals surface area (Å²) in [6.45, 7) is 25.7. The van der Waals surface area contributed by atoms with Crippen molar-refractivity contribution in [2.45, 2.75) is 160 Å². The lowest BCUT2D eigenvalue weighted by Gasteiger charge is -2.32. The van der Waals surface area contributed by atoms with E-state index in [0.717, 1.165) is 27.8 Å². The molecular weight excluding hydrogens is 831 g/mol. The van der Waals surface area contributed by atoms with E-state index in [9.17, 15) is 25.2 Å². The molecule has 1 aliphatic rings. The second kappa shape index (κ2) is 17.7. The van der Waals surface area contributed by atoms with Crippen LogP contribution in [-0.4, -0.2) is 44.4 Å². The number of aromatic hydroxyl groups is 4. The molecule has 7 nitrogen and oxygen atoms in total. The molecule has 0 saturated carbocycles. The summed E-state index contributed by atoms with van der Waals surface area (Å²) in [5.41, 5.74) is 4.74. The van der Waals surface area contributed by atoms with E-state index < -0.39 is 12.0 Å². The minimum absolute atomic E-state index is 0.0382. The predicted molar refractivity (Wildman–Crippen MR) is 255 cm³/mol. The van der Waals surface area contributed by atoms with E-state index in [2.05, 4.69) is 83.1 Å². The molecule has 1 aliphatic heterocycles. The molecule has 4 N–H and O–H groups in total. The van der Waals surface area contributed by atoms with E-state index in [4.69, 9.17) is 4.74 Å². The average Bonchev–Trinajstić information content (AvgIpc) is 3.17. The Morgan fingerprint density at radius 1 is 0.532 bits per heavy atom. The third-order valence-corrected chi connectivity index (χ3v) is 14.6. The first-order chi connectivity index (χ1) is 28.7. The van der Waals surface area contributed by atoms with Gasteiger partial charge in [0.2, 0.25) is 0 Å². The van der Waals surface area contributed by atoms with Gasteiger partial charge in [0.25, 0.3) is 0 Å². The second-order valence-electron chi connectivity index (χ2n) is 20.5. The number of nitrogens with zero attached hydrogens (tertiary/aromatic N) is 1. The molecule has 62 heavy (non-hydrogen) atoms. The highest BCUT2D eigenvalue weighted by Gasteiger charge is 2.33. The number of ether oxygens (including phenoxy) is 1. The van der Waals surface area contributed by atoms with Crippen molar-refractivity contribution in [2.24, 2.45) is 0 Å². The molecule has 5 aromatic carbocycles. The Morgan fingerprint density at radius 3 is 1.15 bits per heavy atom. The summed E-state index contributed by atoms with van der Waals surface area (Å²) in [4.78, 5) is 19.4. The zero-order valence-electron chi connectivity index (χ0n) is 38.5. The smallest absolute Gasteiger partial charge is 0.323 e. The Kier molecular flexibility index (Phi) is 13.5. The first-order valence-electron chi connectivity index (χ1n) is 21.1. The minimum Gasteiger partial charge on any atom is -0.506 e. The number of hydrogen-bond donors (Lipinski definition) is 4. The van der Waals surface area contributed by atoms with Crippen LogP contribution in [0, 0.1) is 0 Å². The quantitative estimate of drug-likeness (QED) is 0.130. The molecule has 0 aliphatic carbocycles. The maximum absolute atomic E-state index is 14.1. The summed E-state index contributed by atoms with van der Waals surface area (Å²) in [6, 6.07) is 24.9. The highest BCUT2D eigenvalue weighted by Crippen LogP contribution is 2.53. The van der Waals surface area contributed by atoms with Gasteiger partial charge in [-0.1, -0.05) is 161 Å². The fourth-order valence-electron chi connectivity index (χ4n) is 7.34. The number of methoxy groups -OCH3 is 1. The summed E-state index contributed by atoms with van der Waals surface area (Å²) < 4.78 is 5.51. The molecule has 6 rings (SSSR count). The van der Waals surface area contributed by atoms with Crippen LogP contribution in [0.3, 0.4) is 0 Å². The van der Waals surface area contributed by atoms with Crippen LogP contribution in [0.4, 0.5) is 0 Å². The third-order valence-electron chi connectivity index (χ3n) is 11.4. The predicted octanol–water partition coefficient (Wildman–Crippen LogP) is 13.3. The molecule has 0 saturated heterocycles. The van der Waals surface area contributed by atoms with Gasteiger partial charge in [0, 0.05) is 24.2 Å². The number of phenols is 4. The number of phenolic OH excluding ortho intramolecular Hbond substituents is 4. The minimum atomic E-state index is -0.808. The van der Waals surface area contributed by atoms with Crippen LogP contribution >= 0.6 is 35.3 Å². The van der Waals surface area contributed by atoms with E-state index >= 15 is 0 Å².